The van der Waals surface area contributed by atoms with Gasteiger partial charge in [-0.1, -0.05) is 6.07 Å². The van der Waals surface area contributed by atoms with Crippen LogP contribution in [0, 0.1) is 0 Å². The number of hydrogen-bond donors (Lipinski definition) is 2. The average Bonchev–Trinajstić information content (AvgIpc) is 2.97. The molecule has 1 aliphatic rings. The van der Waals surface area contributed by atoms with Crippen molar-refractivity contribution in [2.45, 2.75) is 38.0 Å². The average molecular weight is 463 g/mol. The van der Waals surface area contributed by atoms with Gasteiger partial charge in [-0.3, -0.25) is 0 Å². The molecular formula is C17H30IN5S. The molecule has 2 N–H and O–H groups in total. The van der Waals surface area contributed by atoms with E-state index >= 15 is 0 Å². The Hall–Kier alpha value is -0.700. The van der Waals surface area contributed by atoms with E-state index in [-0.39, 0.29) is 24.0 Å². The fourth-order valence-electron chi connectivity index (χ4n) is 2.71. The van der Waals surface area contributed by atoms with Crippen LogP contribution in [-0.4, -0.2) is 48.6 Å². The lowest BCUT2D eigenvalue weighted by atomic mass is 10.1. The van der Waals surface area contributed by atoms with Crippen molar-refractivity contribution in [3.63, 3.8) is 0 Å². The van der Waals surface area contributed by atoms with Gasteiger partial charge >= 0.3 is 0 Å². The molecule has 0 bridgehead atoms. The highest BCUT2D eigenvalue weighted by molar-refractivity contribution is 14.0. The number of nitrogens with zero attached hydrogens (tertiary/aromatic N) is 3. The molecule has 24 heavy (non-hydrogen) atoms. The van der Waals surface area contributed by atoms with Crippen LogP contribution in [0.5, 0.6) is 0 Å². The van der Waals surface area contributed by atoms with E-state index in [1.807, 2.05) is 31.3 Å². The largest absolute Gasteiger partial charge is 0.362 e. The van der Waals surface area contributed by atoms with Crippen LogP contribution >= 0.6 is 35.7 Å². The van der Waals surface area contributed by atoms with Crippen molar-refractivity contribution in [1.82, 2.24) is 15.6 Å². The summed E-state index contributed by atoms with van der Waals surface area (Å²) in [7, 11) is 4.02. The van der Waals surface area contributed by atoms with E-state index in [1.54, 1.807) is 0 Å². The molecule has 1 unspecified atom stereocenters. The molecular weight excluding hydrogens is 433 g/mol. The Morgan fingerprint density at radius 3 is 2.83 bits per heavy atom. The summed E-state index contributed by atoms with van der Waals surface area (Å²) in [5.74, 6) is 3.13. The Bertz CT molecular complexity index is 529. The number of anilines is 1. The Kier molecular flexibility index (Phi) is 9.18. The summed E-state index contributed by atoms with van der Waals surface area (Å²) in [6.07, 6.45) is 4.42. The lowest BCUT2D eigenvalue weighted by molar-refractivity contribution is 0.584. The zero-order valence-corrected chi connectivity index (χ0v) is 18.3. The normalized spacial score (nSPS) is 20.4. The molecule has 0 aromatic carbocycles. The second kappa shape index (κ2) is 10.3. The van der Waals surface area contributed by atoms with Gasteiger partial charge in [0.05, 0.1) is 6.54 Å². The van der Waals surface area contributed by atoms with Gasteiger partial charge < -0.3 is 15.5 Å². The lowest BCUT2D eigenvalue weighted by Gasteiger charge is -2.24. The molecule has 0 amide bonds. The predicted octanol–water partition coefficient (Wildman–Crippen LogP) is 3.11. The van der Waals surface area contributed by atoms with Crippen LogP contribution in [0.25, 0.3) is 0 Å². The minimum atomic E-state index is 0. The number of halogens is 1. The van der Waals surface area contributed by atoms with Gasteiger partial charge in [0.2, 0.25) is 0 Å². The molecule has 1 fully saturated rings. The molecule has 0 radical (unpaired) electrons. The predicted molar refractivity (Wildman–Crippen MR) is 117 cm³/mol. The summed E-state index contributed by atoms with van der Waals surface area (Å²) in [6, 6.07) is 4.05. The van der Waals surface area contributed by atoms with Crippen LogP contribution in [0.1, 0.15) is 32.3 Å². The zero-order valence-electron chi connectivity index (χ0n) is 15.1. The molecule has 1 aliphatic heterocycles. The second-order valence-corrected chi connectivity index (χ2v) is 8.01. The van der Waals surface area contributed by atoms with Crippen molar-refractivity contribution in [1.29, 1.82) is 0 Å². The highest BCUT2D eigenvalue weighted by atomic mass is 127. The number of nitrogens with one attached hydrogen (secondary N) is 2. The Balaban J connectivity index is 0.00000288. The maximum atomic E-state index is 4.74. The first-order valence-corrected chi connectivity index (χ1v) is 9.30. The summed E-state index contributed by atoms with van der Waals surface area (Å²) in [5.41, 5.74) is 1.14. The third-order valence-corrected chi connectivity index (χ3v) is 5.51. The first kappa shape index (κ1) is 21.3. The summed E-state index contributed by atoms with van der Waals surface area (Å²) >= 11 is 2.06. The number of guanidine groups is 1. The number of hydrogen-bond acceptors (Lipinski definition) is 4. The molecule has 1 atom stereocenters. The smallest absolute Gasteiger partial charge is 0.191 e. The topological polar surface area (TPSA) is 52.6 Å². The van der Waals surface area contributed by atoms with Gasteiger partial charge in [0, 0.05) is 43.7 Å². The van der Waals surface area contributed by atoms with Crippen LogP contribution in [-0.2, 0) is 6.54 Å². The molecule has 0 saturated carbocycles. The molecule has 1 aromatic rings. The molecule has 0 aliphatic carbocycles. The van der Waals surface area contributed by atoms with E-state index in [2.05, 4.69) is 47.3 Å². The van der Waals surface area contributed by atoms with Gasteiger partial charge in [-0.15, -0.1) is 24.0 Å². The molecule has 5 nitrogen and oxygen atoms in total. The van der Waals surface area contributed by atoms with Crippen molar-refractivity contribution < 1.29 is 0 Å². The van der Waals surface area contributed by atoms with Crippen LogP contribution in [0.2, 0.25) is 0 Å². The van der Waals surface area contributed by atoms with E-state index in [0.29, 0.717) is 11.3 Å². The quantitative estimate of drug-likeness (QED) is 0.386. The van der Waals surface area contributed by atoms with Gasteiger partial charge in [-0.25, -0.2) is 9.98 Å². The number of rotatable bonds is 6. The second-order valence-electron chi connectivity index (χ2n) is 6.33. The number of pyridine rings is 1. The van der Waals surface area contributed by atoms with Crippen LogP contribution in [0.4, 0.5) is 5.82 Å². The highest BCUT2D eigenvalue weighted by Crippen LogP contribution is 2.36. The summed E-state index contributed by atoms with van der Waals surface area (Å²) in [6.45, 7) is 6.88. The molecule has 0 spiro atoms. The minimum absolute atomic E-state index is 0. The Morgan fingerprint density at radius 1 is 1.42 bits per heavy atom. The number of aromatic nitrogens is 1. The molecule has 1 aromatic heterocycles. The Morgan fingerprint density at radius 2 is 2.21 bits per heavy atom. The number of thioether (sulfide) groups is 1. The van der Waals surface area contributed by atoms with Gasteiger partial charge in [-0.2, -0.15) is 11.8 Å². The van der Waals surface area contributed by atoms with E-state index in [9.17, 15) is 0 Å². The third kappa shape index (κ3) is 6.31. The van der Waals surface area contributed by atoms with E-state index in [0.717, 1.165) is 30.4 Å². The highest BCUT2D eigenvalue weighted by Gasteiger charge is 2.29. The van der Waals surface area contributed by atoms with Crippen LogP contribution in [0.3, 0.4) is 0 Å². The monoisotopic (exact) mass is 463 g/mol. The van der Waals surface area contributed by atoms with Crippen LogP contribution < -0.4 is 15.5 Å². The van der Waals surface area contributed by atoms with Crippen LogP contribution in [0.15, 0.2) is 23.3 Å². The van der Waals surface area contributed by atoms with Gasteiger partial charge in [0.15, 0.2) is 5.96 Å². The standard InChI is InChI=1S/C17H29N5S.HI/c1-5-18-16(21-13-17(2)9-7-11-23-17)20-12-14-8-6-10-19-15(14)22(3)4;/h6,8,10H,5,7,9,11-13H2,1-4H3,(H2,18,20,21);1H. The van der Waals surface area contributed by atoms with Crippen molar-refractivity contribution in [3.05, 3.63) is 23.9 Å². The first-order chi connectivity index (χ1) is 11.0. The third-order valence-electron chi connectivity index (χ3n) is 3.97. The first-order valence-electron chi connectivity index (χ1n) is 8.31. The summed E-state index contributed by atoms with van der Waals surface area (Å²) in [4.78, 5) is 11.2. The Labute approximate surface area is 167 Å². The van der Waals surface area contributed by atoms with E-state index in [1.165, 1.54) is 18.6 Å². The fourth-order valence-corrected chi connectivity index (χ4v) is 3.95. The van der Waals surface area contributed by atoms with E-state index < -0.39 is 0 Å². The van der Waals surface area contributed by atoms with Crippen molar-refractivity contribution in [2.75, 3.05) is 37.8 Å². The van der Waals surface area contributed by atoms with Crippen molar-refractivity contribution >= 4 is 47.5 Å². The molecule has 136 valence electrons. The van der Waals surface area contributed by atoms with E-state index in [4.69, 9.17) is 4.99 Å². The van der Waals surface area contributed by atoms with Gasteiger partial charge in [0.1, 0.15) is 5.82 Å². The SMILES string of the molecule is CCNC(=NCc1cccnc1N(C)C)NCC1(C)CCCS1.I. The van der Waals surface area contributed by atoms with Crippen molar-refractivity contribution in [3.8, 4) is 0 Å². The molecule has 2 rings (SSSR count). The zero-order chi connectivity index (χ0) is 16.7. The van der Waals surface area contributed by atoms with Crippen molar-refractivity contribution in [2.24, 2.45) is 4.99 Å². The molecule has 2 heterocycles. The minimum Gasteiger partial charge on any atom is -0.362 e. The number of aliphatic imine (C=N–C) groups is 1. The lowest BCUT2D eigenvalue weighted by Crippen LogP contribution is -2.43. The fraction of sp³-hybridized carbons (Fsp3) is 0.647. The van der Waals surface area contributed by atoms with Gasteiger partial charge in [0.25, 0.3) is 0 Å². The summed E-state index contributed by atoms with van der Waals surface area (Å²) in [5, 5.41) is 6.84. The summed E-state index contributed by atoms with van der Waals surface area (Å²) < 4.78 is 0.333. The maximum Gasteiger partial charge on any atom is 0.191 e. The maximum absolute atomic E-state index is 4.74. The molecule has 1 saturated heterocycles. The molecule has 7 heteroatoms. The van der Waals surface area contributed by atoms with Gasteiger partial charge in [-0.05, 0) is 38.5 Å².